The van der Waals surface area contributed by atoms with Crippen LogP contribution in [-0.2, 0) is 6.54 Å². The van der Waals surface area contributed by atoms with Crippen LogP contribution >= 0.6 is 11.3 Å². The lowest BCUT2D eigenvalue weighted by Gasteiger charge is -2.37. The minimum atomic E-state index is -0.174. The van der Waals surface area contributed by atoms with Gasteiger partial charge in [-0.05, 0) is 58.3 Å². The second-order valence-electron chi connectivity index (χ2n) is 8.08. The van der Waals surface area contributed by atoms with Crippen molar-refractivity contribution >= 4 is 17.0 Å². The summed E-state index contributed by atoms with van der Waals surface area (Å²) in [5.74, 6) is 1.48. The van der Waals surface area contributed by atoms with E-state index in [-0.39, 0.29) is 11.9 Å². The Morgan fingerprint density at radius 2 is 1.85 bits per heavy atom. The van der Waals surface area contributed by atoms with Gasteiger partial charge < -0.3 is 14.5 Å². The predicted octanol–water partition coefficient (Wildman–Crippen LogP) is 2.43. The Morgan fingerprint density at radius 3 is 2.55 bits per heavy atom. The number of halogens is 1. The number of benzene rings is 2. The molecule has 4 aromatic rings. The quantitative estimate of drug-likeness (QED) is 0.454. The molecule has 9 heteroatoms. The number of piperazine rings is 1. The molecule has 2 aromatic carbocycles. The second-order valence-corrected chi connectivity index (χ2v) is 9.11. The molecule has 0 amide bonds. The van der Waals surface area contributed by atoms with Crippen molar-refractivity contribution in [3.63, 3.8) is 0 Å². The Bertz CT molecular complexity index is 1170. The molecule has 1 N–H and O–H groups in total. The van der Waals surface area contributed by atoms with Gasteiger partial charge in [0.05, 0.1) is 45.5 Å². The first kappa shape index (κ1) is 21.5. The molecule has 1 aliphatic heterocycles. The molecule has 7 nitrogen and oxygen atoms in total. The zero-order valence-corrected chi connectivity index (χ0v) is 19.2. The number of para-hydroxylation sites is 1. The van der Waals surface area contributed by atoms with Gasteiger partial charge in [-0.1, -0.05) is 18.2 Å². The van der Waals surface area contributed by atoms with Gasteiger partial charge in [-0.15, -0.1) is 16.4 Å². The molecule has 0 unspecified atom stereocenters. The average Bonchev–Trinajstić information content (AvgIpc) is 3.54. The molecule has 1 aliphatic rings. The first-order valence-corrected chi connectivity index (χ1v) is 11.9. The summed E-state index contributed by atoms with van der Waals surface area (Å²) in [6.07, 6.45) is 0. The number of methoxy groups -OCH3 is 1. The molecular weight excluding hydrogens is 439 g/mol. The Hall–Kier alpha value is -3.30. The molecule has 0 bridgehead atoms. The molecule has 0 radical (unpaired) electrons. The van der Waals surface area contributed by atoms with Crippen LogP contribution < -0.4 is 14.5 Å². The van der Waals surface area contributed by atoms with Crippen molar-refractivity contribution in [2.24, 2.45) is 0 Å². The SMILES string of the molecule is COc1ccc([C@H](c2nnnn2Cc2cccs2)[NH+]2CCN(c3ccccc3F)CC2)cc1. The number of ether oxygens (including phenoxy) is 1. The lowest BCUT2D eigenvalue weighted by atomic mass is 10.0. The maximum absolute atomic E-state index is 14.3. The number of nitrogens with one attached hydrogen (secondary N) is 1. The highest BCUT2D eigenvalue weighted by Crippen LogP contribution is 2.23. The van der Waals surface area contributed by atoms with Crippen LogP contribution in [0.25, 0.3) is 0 Å². The Balaban J connectivity index is 1.43. The van der Waals surface area contributed by atoms with E-state index in [9.17, 15) is 4.39 Å². The molecule has 3 heterocycles. The third-order valence-electron chi connectivity index (χ3n) is 6.16. The van der Waals surface area contributed by atoms with E-state index < -0.39 is 0 Å². The fraction of sp³-hybridized carbons (Fsp3) is 0.292. The summed E-state index contributed by atoms with van der Waals surface area (Å²) < 4.78 is 21.6. The topological polar surface area (TPSA) is 60.5 Å². The summed E-state index contributed by atoms with van der Waals surface area (Å²) in [6, 6.07) is 19.2. The summed E-state index contributed by atoms with van der Waals surface area (Å²) in [4.78, 5) is 4.69. The Labute approximate surface area is 196 Å². The van der Waals surface area contributed by atoms with Crippen LogP contribution in [0.3, 0.4) is 0 Å². The van der Waals surface area contributed by atoms with Crippen molar-refractivity contribution in [1.29, 1.82) is 0 Å². The number of tetrazole rings is 1. The summed E-state index contributed by atoms with van der Waals surface area (Å²) in [5.41, 5.74) is 1.80. The van der Waals surface area contributed by atoms with Crippen molar-refractivity contribution in [1.82, 2.24) is 20.2 Å². The number of hydrogen-bond donors (Lipinski definition) is 1. The van der Waals surface area contributed by atoms with Crippen molar-refractivity contribution < 1.29 is 14.0 Å². The van der Waals surface area contributed by atoms with Crippen molar-refractivity contribution in [2.75, 3.05) is 38.2 Å². The van der Waals surface area contributed by atoms with Crippen LogP contribution in [0.5, 0.6) is 5.75 Å². The van der Waals surface area contributed by atoms with Crippen LogP contribution in [0.2, 0.25) is 0 Å². The van der Waals surface area contributed by atoms with E-state index in [1.165, 1.54) is 15.8 Å². The molecule has 170 valence electrons. The highest BCUT2D eigenvalue weighted by atomic mass is 32.1. The number of hydrogen-bond acceptors (Lipinski definition) is 6. The number of rotatable bonds is 7. The van der Waals surface area contributed by atoms with Gasteiger partial charge >= 0.3 is 0 Å². The monoisotopic (exact) mass is 465 g/mol. The maximum atomic E-state index is 14.3. The van der Waals surface area contributed by atoms with Crippen molar-refractivity contribution in [3.05, 3.63) is 88.1 Å². The van der Waals surface area contributed by atoms with Gasteiger partial charge in [-0.3, -0.25) is 0 Å². The highest BCUT2D eigenvalue weighted by Gasteiger charge is 2.34. The van der Waals surface area contributed by atoms with Crippen LogP contribution in [0, 0.1) is 5.82 Å². The zero-order chi connectivity index (χ0) is 22.6. The van der Waals surface area contributed by atoms with E-state index in [4.69, 9.17) is 4.74 Å². The third kappa shape index (κ3) is 4.60. The van der Waals surface area contributed by atoms with Gasteiger partial charge in [-0.2, -0.15) is 0 Å². The molecule has 0 aliphatic carbocycles. The van der Waals surface area contributed by atoms with Gasteiger partial charge in [0.15, 0.2) is 6.04 Å². The smallest absolute Gasteiger partial charge is 0.214 e. The first-order chi connectivity index (χ1) is 16.2. The molecule has 33 heavy (non-hydrogen) atoms. The van der Waals surface area contributed by atoms with E-state index in [1.807, 2.05) is 35.0 Å². The van der Waals surface area contributed by atoms with Gasteiger partial charge in [0.1, 0.15) is 11.6 Å². The van der Waals surface area contributed by atoms with E-state index in [1.54, 1.807) is 24.5 Å². The van der Waals surface area contributed by atoms with E-state index in [0.29, 0.717) is 12.2 Å². The summed E-state index contributed by atoms with van der Waals surface area (Å²) in [7, 11) is 1.67. The second kappa shape index (κ2) is 9.68. The number of nitrogens with zero attached hydrogens (tertiary/aromatic N) is 5. The van der Waals surface area contributed by atoms with Crippen molar-refractivity contribution in [3.8, 4) is 5.75 Å². The summed E-state index contributed by atoms with van der Waals surface area (Å²) in [6.45, 7) is 3.85. The van der Waals surface area contributed by atoms with E-state index in [0.717, 1.165) is 43.3 Å². The summed E-state index contributed by atoms with van der Waals surface area (Å²) >= 11 is 1.70. The largest absolute Gasteiger partial charge is 0.497 e. The lowest BCUT2D eigenvalue weighted by molar-refractivity contribution is -0.927. The highest BCUT2D eigenvalue weighted by molar-refractivity contribution is 7.09. The first-order valence-electron chi connectivity index (χ1n) is 11.0. The molecule has 1 atom stereocenters. The molecule has 5 rings (SSSR count). The van der Waals surface area contributed by atoms with Gasteiger partial charge in [0, 0.05) is 10.4 Å². The minimum Gasteiger partial charge on any atom is -0.497 e. The van der Waals surface area contributed by atoms with Crippen LogP contribution in [0.15, 0.2) is 66.0 Å². The third-order valence-corrected chi connectivity index (χ3v) is 7.02. The van der Waals surface area contributed by atoms with Gasteiger partial charge in [0.2, 0.25) is 5.82 Å². The van der Waals surface area contributed by atoms with Crippen LogP contribution in [0.4, 0.5) is 10.1 Å². The Morgan fingerprint density at radius 1 is 1.06 bits per heavy atom. The van der Waals surface area contributed by atoms with E-state index in [2.05, 4.69) is 44.0 Å². The number of quaternary nitrogens is 1. The molecule has 0 saturated carbocycles. The molecule has 0 spiro atoms. The number of aromatic nitrogens is 4. The summed E-state index contributed by atoms with van der Waals surface area (Å²) in [5, 5.41) is 14.9. The Kier molecular flexibility index (Phi) is 6.32. The van der Waals surface area contributed by atoms with E-state index >= 15 is 0 Å². The van der Waals surface area contributed by atoms with Crippen LogP contribution in [-0.4, -0.2) is 53.5 Å². The lowest BCUT2D eigenvalue weighted by Crippen LogP contribution is -3.15. The minimum absolute atomic E-state index is 0.0337. The molecule has 1 saturated heterocycles. The fourth-order valence-corrected chi connectivity index (χ4v) is 5.16. The standard InChI is InChI=1S/C24H25FN6OS/c1-32-19-10-8-18(9-11-19)23(24-26-27-28-31(24)17-20-5-4-16-33-20)30-14-12-29(13-15-30)22-7-3-2-6-21(22)25/h2-11,16,23H,12-15,17H2,1H3/p+1/t23-/m1/s1. The fourth-order valence-electron chi connectivity index (χ4n) is 4.48. The normalized spacial score (nSPS) is 15.5. The van der Waals surface area contributed by atoms with Crippen LogP contribution in [0.1, 0.15) is 22.3 Å². The number of anilines is 1. The van der Waals surface area contributed by atoms with Gasteiger partial charge in [-0.25, -0.2) is 9.07 Å². The maximum Gasteiger partial charge on any atom is 0.214 e. The molecule has 1 fully saturated rings. The molecular formula is C24H26FN6OS+. The van der Waals surface area contributed by atoms with Gasteiger partial charge in [0.25, 0.3) is 0 Å². The molecule has 2 aromatic heterocycles. The number of thiophene rings is 1. The van der Waals surface area contributed by atoms with Crippen molar-refractivity contribution in [2.45, 2.75) is 12.6 Å². The predicted molar refractivity (Wildman–Crippen MR) is 125 cm³/mol. The average molecular weight is 466 g/mol. The zero-order valence-electron chi connectivity index (χ0n) is 18.4.